The van der Waals surface area contributed by atoms with Crippen molar-refractivity contribution in [2.45, 2.75) is 6.92 Å². The number of para-hydroxylation sites is 1. The van der Waals surface area contributed by atoms with Crippen molar-refractivity contribution in [3.8, 4) is 22.6 Å². The molecule has 4 aromatic heterocycles. The minimum atomic E-state index is -0.504. The molecule has 0 aliphatic rings. The van der Waals surface area contributed by atoms with Crippen molar-refractivity contribution in [1.29, 1.82) is 0 Å². The van der Waals surface area contributed by atoms with Gasteiger partial charge in [-0.3, -0.25) is 15.1 Å². The van der Waals surface area contributed by atoms with Crippen LogP contribution in [0.15, 0.2) is 116 Å². The predicted octanol–water partition coefficient (Wildman–Crippen LogP) is 7.44. The molecule has 3 N–H and O–H groups in total. The van der Waals surface area contributed by atoms with E-state index in [0.29, 0.717) is 39.4 Å². The maximum atomic E-state index is 16.3. The summed E-state index contributed by atoms with van der Waals surface area (Å²) < 4.78 is 16.3. The van der Waals surface area contributed by atoms with E-state index in [2.05, 4.69) is 43.6 Å². The molecule has 0 aliphatic carbocycles. The van der Waals surface area contributed by atoms with Gasteiger partial charge in [-0.15, -0.1) is 0 Å². The van der Waals surface area contributed by atoms with Crippen LogP contribution in [0.1, 0.15) is 18.2 Å². The number of fused-ring (bicyclic) bond motifs is 2. The van der Waals surface area contributed by atoms with Crippen molar-refractivity contribution in [3.05, 3.63) is 133 Å². The van der Waals surface area contributed by atoms with Crippen LogP contribution in [0.25, 0.3) is 55.9 Å². The number of nitrogens with zero attached hydrogens (tertiary/aromatic N) is 4. The first-order valence-corrected chi connectivity index (χ1v) is 13.0. The monoisotopic (exact) mass is 539 g/mol. The topological polar surface area (TPSA) is 95.2 Å². The maximum absolute atomic E-state index is 16.3. The first kappa shape index (κ1) is 25.6. The third-order valence-electron chi connectivity index (χ3n) is 6.81. The quantitative estimate of drug-likeness (QED) is 0.175. The Morgan fingerprint density at radius 3 is 2.56 bits per heavy atom. The zero-order valence-corrected chi connectivity index (χ0v) is 22.3. The van der Waals surface area contributed by atoms with Gasteiger partial charge in [0.2, 0.25) is 0 Å². The van der Waals surface area contributed by atoms with Crippen molar-refractivity contribution in [2.24, 2.45) is 0 Å². The Labute approximate surface area is 235 Å². The number of aromatic nitrogens is 6. The van der Waals surface area contributed by atoms with E-state index in [9.17, 15) is 0 Å². The molecular formula is C33H26FN7. The molecule has 0 spiro atoms. The lowest BCUT2D eigenvalue weighted by Crippen LogP contribution is -2.09. The van der Waals surface area contributed by atoms with Crippen LogP contribution >= 0.6 is 0 Å². The van der Waals surface area contributed by atoms with Gasteiger partial charge in [-0.25, -0.2) is 9.37 Å². The average molecular weight is 540 g/mol. The number of rotatable bonds is 8. The van der Waals surface area contributed by atoms with E-state index in [1.54, 1.807) is 36.8 Å². The second kappa shape index (κ2) is 10.9. The molecule has 0 aliphatic heterocycles. The predicted molar refractivity (Wildman–Crippen MR) is 163 cm³/mol. The van der Waals surface area contributed by atoms with Crippen LogP contribution in [0.3, 0.4) is 0 Å². The van der Waals surface area contributed by atoms with Gasteiger partial charge >= 0.3 is 0 Å². The summed E-state index contributed by atoms with van der Waals surface area (Å²) in [6.45, 7) is 9.87. The van der Waals surface area contributed by atoms with E-state index in [0.717, 1.165) is 27.7 Å². The standard InChI is InChI=1S/C33H26FN7/c1-4-21(18-24(5-2)37-20(3)22-10-7-6-8-11-22)30-29(34)28-27(19-36-30)40-41-32(28)33-38-26-13-9-12-25(31(26)39-33)23-14-16-35-17-15-23/h4-19,37H,2-3H2,1H3,(H,38,39)(H,40,41)/b21-4+,24-18+. The van der Waals surface area contributed by atoms with Crippen LogP contribution in [0.4, 0.5) is 4.39 Å². The highest BCUT2D eigenvalue weighted by atomic mass is 19.1. The Morgan fingerprint density at radius 1 is 1.00 bits per heavy atom. The van der Waals surface area contributed by atoms with Gasteiger partial charge < -0.3 is 10.3 Å². The number of pyridine rings is 2. The zero-order valence-electron chi connectivity index (χ0n) is 22.3. The van der Waals surface area contributed by atoms with Crippen LogP contribution in [0, 0.1) is 5.82 Å². The molecule has 0 bridgehead atoms. The summed E-state index contributed by atoms with van der Waals surface area (Å²) in [5, 5.41) is 10.9. The Morgan fingerprint density at radius 2 is 1.80 bits per heavy atom. The second-order valence-corrected chi connectivity index (χ2v) is 9.32. The number of imidazole rings is 1. The van der Waals surface area contributed by atoms with Gasteiger partial charge in [-0.05, 0) is 48.4 Å². The number of benzene rings is 2. The molecule has 200 valence electrons. The van der Waals surface area contributed by atoms with Crippen LogP contribution in [0.5, 0.6) is 0 Å². The van der Waals surface area contributed by atoms with Gasteiger partial charge in [-0.2, -0.15) is 5.10 Å². The molecule has 6 rings (SSSR count). The lowest BCUT2D eigenvalue weighted by Gasteiger charge is -2.12. The largest absolute Gasteiger partial charge is 0.356 e. The lowest BCUT2D eigenvalue weighted by molar-refractivity contribution is 0.630. The van der Waals surface area contributed by atoms with Gasteiger partial charge in [0.1, 0.15) is 11.4 Å². The Kier molecular flexibility index (Phi) is 6.79. The molecule has 4 heterocycles. The summed E-state index contributed by atoms with van der Waals surface area (Å²) >= 11 is 0. The van der Waals surface area contributed by atoms with E-state index in [1.165, 1.54) is 0 Å². The summed E-state index contributed by atoms with van der Waals surface area (Å²) in [5.41, 5.74) is 7.39. The number of hydrogen-bond donors (Lipinski definition) is 3. The summed E-state index contributed by atoms with van der Waals surface area (Å²) in [5.74, 6) is -0.0512. The van der Waals surface area contributed by atoms with Crippen molar-refractivity contribution < 1.29 is 4.39 Å². The minimum absolute atomic E-state index is 0.183. The number of nitrogens with one attached hydrogen (secondary N) is 3. The summed E-state index contributed by atoms with van der Waals surface area (Å²) in [4.78, 5) is 16.7. The van der Waals surface area contributed by atoms with Crippen molar-refractivity contribution in [3.63, 3.8) is 0 Å². The molecule has 0 saturated heterocycles. The van der Waals surface area contributed by atoms with Gasteiger partial charge in [0.15, 0.2) is 11.6 Å². The Bertz CT molecular complexity index is 1970. The molecule has 0 unspecified atom stereocenters. The van der Waals surface area contributed by atoms with Crippen LogP contribution in [-0.4, -0.2) is 30.1 Å². The van der Waals surface area contributed by atoms with Gasteiger partial charge in [0.25, 0.3) is 0 Å². The first-order valence-electron chi connectivity index (χ1n) is 13.0. The molecule has 6 aromatic rings. The second-order valence-electron chi connectivity index (χ2n) is 9.32. The highest BCUT2D eigenvalue weighted by Crippen LogP contribution is 2.34. The normalized spacial score (nSPS) is 12.1. The lowest BCUT2D eigenvalue weighted by atomic mass is 10.1. The van der Waals surface area contributed by atoms with E-state index >= 15 is 4.39 Å². The van der Waals surface area contributed by atoms with E-state index in [1.807, 2.05) is 67.6 Å². The summed E-state index contributed by atoms with van der Waals surface area (Å²) in [6.07, 6.45) is 10.3. The van der Waals surface area contributed by atoms with E-state index in [-0.39, 0.29) is 5.69 Å². The Hall–Kier alpha value is -5.63. The van der Waals surface area contributed by atoms with Crippen LogP contribution < -0.4 is 5.32 Å². The molecule has 0 radical (unpaired) electrons. The fourth-order valence-corrected chi connectivity index (χ4v) is 4.74. The smallest absolute Gasteiger partial charge is 0.161 e. The molecule has 41 heavy (non-hydrogen) atoms. The number of H-pyrrole nitrogens is 2. The van der Waals surface area contributed by atoms with Crippen LogP contribution in [0.2, 0.25) is 0 Å². The van der Waals surface area contributed by atoms with Crippen LogP contribution in [-0.2, 0) is 0 Å². The maximum Gasteiger partial charge on any atom is 0.161 e. The molecule has 0 atom stereocenters. The van der Waals surface area contributed by atoms with Gasteiger partial charge in [-0.1, -0.05) is 61.7 Å². The average Bonchev–Trinajstić information content (AvgIpc) is 3.65. The zero-order chi connectivity index (χ0) is 28.3. The molecular weight excluding hydrogens is 513 g/mol. The summed E-state index contributed by atoms with van der Waals surface area (Å²) in [6, 6.07) is 19.5. The molecule has 0 saturated carbocycles. The minimum Gasteiger partial charge on any atom is -0.356 e. The number of halogens is 1. The highest BCUT2D eigenvalue weighted by molar-refractivity contribution is 5.98. The van der Waals surface area contributed by atoms with Crippen molar-refractivity contribution in [2.75, 3.05) is 0 Å². The molecule has 2 aromatic carbocycles. The highest BCUT2D eigenvalue weighted by Gasteiger charge is 2.21. The molecule has 0 fully saturated rings. The third-order valence-corrected chi connectivity index (χ3v) is 6.81. The van der Waals surface area contributed by atoms with E-state index in [4.69, 9.17) is 4.98 Å². The molecule has 8 heteroatoms. The van der Waals surface area contributed by atoms with Gasteiger partial charge in [0.05, 0.1) is 28.1 Å². The third kappa shape index (κ3) is 4.83. The fraction of sp³-hybridized carbons (Fsp3) is 0.0303. The number of hydrogen-bond acceptors (Lipinski definition) is 5. The SMILES string of the molecule is C=C/C(=C\C(=C/C)c1ncc2[nH]nc(-c3nc4c(-c5ccncc5)cccc4[nH]3)c2c1F)NC(=C)c1ccccc1. The Balaban J connectivity index is 1.40. The van der Waals surface area contributed by atoms with E-state index < -0.39 is 5.82 Å². The van der Waals surface area contributed by atoms with Crippen molar-refractivity contribution in [1.82, 2.24) is 35.5 Å². The molecule has 7 nitrogen and oxygen atoms in total. The van der Waals surface area contributed by atoms with Crippen molar-refractivity contribution >= 4 is 33.2 Å². The fourth-order valence-electron chi connectivity index (χ4n) is 4.74. The van der Waals surface area contributed by atoms with Gasteiger partial charge in [0, 0.05) is 34.9 Å². The number of allylic oxidation sites excluding steroid dienone is 4. The molecule has 0 amide bonds. The number of aromatic amines is 2. The first-order chi connectivity index (χ1) is 20.1. The summed E-state index contributed by atoms with van der Waals surface area (Å²) in [7, 11) is 0.